The number of hydrogen-bond acceptors (Lipinski definition) is 2. The van der Waals surface area contributed by atoms with Crippen LogP contribution in [0.3, 0.4) is 0 Å². The summed E-state index contributed by atoms with van der Waals surface area (Å²) in [6.45, 7) is 6.85. The normalized spacial score (nSPS) is 10.3. The van der Waals surface area contributed by atoms with Crippen LogP contribution in [0.15, 0.2) is 22.7 Å². The van der Waals surface area contributed by atoms with E-state index in [1.54, 1.807) is 0 Å². The molecule has 0 atom stereocenters. The summed E-state index contributed by atoms with van der Waals surface area (Å²) in [7, 11) is 0. The van der Waals surface area contributed by atoms with E-state index in [1.807, 2.05) is 12.1 Å². The van der Waals surface area contributed by atoms with E-state index >= 15 is 0 Å². The molecule has 1 N–H and O–H groups in total. The molecule has 3 heteroatoms. The molecule has 1 aromatic carbocycles. The third-order valence-electron chi connectivity index (χ3n) is 2.19. The van der Waals surface area contributed by atoms with Crippen LogP contribution >= 0.6 is 15.9 Å². The third-order valence-corrected chi connectivity index (χ3v) is 2.68. The lowest BCUT2D eigenvalue weighted by atomic mass is 10.1. The van der Waals surface area contributed by atoms with Crippen molar-refractivity contribution < 1.29 is 4.74 Å². The fraction of sp³-hybridized carbons (Fsp3) is 0.500. The summed E-state index contributed by atoms with van der Waals surface area (Å²) in [5, 5.41) is 3.23. The summed E-state index contributed by atoms with van der Waals surface area (Å²) in [5.41, 5.74) is 1.25. The Hall–Kier alpha value is -0.540. The molecule has 1 aromatic rings. The molecular weight excluding hydrogens is 254 g/mol. The molecule has 0 bridgehead atoms. The molecule has 0 fully saturated rings. The van der Waals surface area contributed by atoms with Crippen LogP contribution in [0.1, 0.15) is 19.4 Å². The predicted octanol–water partition coefficient (Wildman–Crippen LogP) is 3.00. The number of aryl methyl sites for hydroxylation is 1. The van der Waals surface area contributed by atoms with Crippen molar-refractivity contribution in [3.63, 3.8) is 0 Å². The Bertz CT molecular complexity index is 302. The zero-order chi connectivity index (χ0) is 11.1. The SMILES string of the molecule is CCNCCOc1ccc(Br)cc1CC. The van der Waals surface area contributed by atoms with Gasteiger partial charge in [-0.15, -0.1) is 0 Å². The van der Waals surface area contributed by atoms with Crippen molar-refractivity contribution in [3.05, 3.63) is 28.2 Å². The van der Waals surface area contributed by atoms with Gasteiger partial charge in [0.2, 0.25) is 0 Å². The van der Waals surface area contributed by atoms with Gasteiger partial charge in [-0.1, -0.05) is 29.8 Å². The number of likely N-dealkylation sites (N-methyl/N-ethyl adjacent to an activating group) is 1. The largest absolute Gasteiger partial charge is 0.492 e. The van der Waals surface area contributed by atoms with Crippen molar-refractivity contribution in [3.8, 4) is 5.75 Å². The molecule has 0 aliphatic carbocycles. The molecule has 0 unspecified atom stereocenters. The molecule has 0 aliphatic heterocycles. The minimum atomic E-state index is 0.725. The second kappa shape index (κ2) is 6.85. The first-order valence-electron chi connectivity index (χ1n) is 5.39. The molecule has 0 saturated heterocycles. The zero-order valence-electron chi connectivity index (χ0n) is 9.35. The highest BCUT2D eigenvalue weighted by molar-refractivity contribution is 9.10. The van der Waals surface area contributed by atoms with Crippen LogP contribution in [0, 0.1) is 0 Å². The second-order valence-corrected chi connectivity index (χ2v) is 4.22. The minimum Gasteiger partial charge on any atom is -0.492 e. The summed E-state index contributed by atoms with van der Waals surface area (Å²) < 4.78 is 6.81. The molecular formula is C12H18BrNO. The molecule has 2 nitrogen and oxygen atoms in total. The first-order chi connectivity index (χ1) is 7.27. The maximum Gasteiger partial charge on any atom is 0.122 e. The summed E-state index contributed by atoms with van der Waals surface area (Å²) in [6, 6.07) is 6.15. The molecule has 0 radical (unpaired) electrons. The molecule has 0 spiro atoms. The molecule has 0 heterocycles. The number of halogens is 1. The van der Waals surface area contributed by atoms with Crippen molar-refractivity contribution in [2.45, 2.75) is 20.3 Å². The molecule has 1 rings (SSSR count). The Labute approximate surface area is 100 Å². The summed E-state index contributed by atoms with van der Waals surface area (Å²) in [5.74, 6) is 0.999. The van der Waals surface area contributed by atoms with Crippen LogP contribution in [-0.2, 0) is 6.42 Å². The van der Waals surface area contributed by atoms with Gasteiger partial charge in [0.1, 0.15) is 12.4 Å². The van der Waals surface area contributed by atoms with Crippen molar-refractivity contribution in [1.29, 1.82) is 0 Å². The van der Waals surface area contributed by atoms with E-state index in [-0.39, 0.29) is 0 Å². The fourth-order valence-electron chi connectivity index (χ4n) is 1.38. The lowest BCUT2D eigenvalue weighted by Gasteiger charge is -2.10. The van der Waals surface area contributed by atoms with E-state index in [0.29, 0.717) is 0 Å². The zero-order valence-corrected chi connectivity index (χ0v) is 10.9. The molecule has 0 aromatic heterocycles. The lowest BCUT2D eigenvalue weighted by Crippen LogP contribution is -2.20. The van der Waals surface area contributed by atoms with Crippen molar-refractivity contribution in [2.75, 3.05) is 19.7 Å². The van der Waals surface area contributed by atoms with Crippen molar-refractivity contribution >= 4 is 15.9 Å². The highest BCUT2D eigenvalue weighted by Gasteiger charge is 2.02. The van der Waals surface area contributed by atoms with Crippen molar-refractivity contribution in [2.24, 2.45) is 0 Å². The van der Waals surface area contributed by atoms with Gasteiger partial charge in [0, 0.05) is 11.0 Å². The average Bonchev–Trinajstić information content (AvgIpc) is 2.26. The average molecular weight is 272 g/mol. The van der Waals surface area contributed by atoms with Crippen LogP contribution in [0.4, 0.5) is 0 Å². The van der Waals surface area contributed by atoms with Gasteiger partial charge in [-0.25, -0.2) is 0 Å². The Kier molecular flexibility index (Phi) is 5.73. The summed E-state index contributed by atoms with van der Waals surface area (Å²) in [4.78, 5) is 0. The second-order valence-electron chi connectivity index (χ2n) is 3.31. The van der Waals surface area contributed by atoms with Gasteiger partial charge >= 0.3 is 0 Å². The number of hydrogen-bond donors (Lipinski definition) is 1. The highest BCUT2D eigenvalue weighted by Crippen LogP contribution is 2.23. The van der Waals surface area contributed by atoms with E-state index in [2.05, 4.69) is 41.2 Å². The maximum atomic E-state index is 5.70. The fourth-order valence-corrected chi connectivity index (χ4v) is 1.78. The highest BCUT2D eigenvalue weighted by atomic mass is 79.9. The number of nitrogens with one attached hydrogen (secondary N) is 1. The van der Waals surface area contributed by atoms with Gasteiger partial charge in [0.15, 0.2) is 0 Å². The van der Waals surface area contributed by atoms with Gasteiger partial charge in [0.05, 0.1) is 0 Å². The lowest BCUT2D eigenvalue weighted by molar-refractivity contribution is 0.312. The van der Waals surface area contributed by atoms with E-state index in [9.17, 15) is 0 Å². The van der Waals surface area contributed by atoms with Gasteiger partial charge in [-0.2, -0.15) is 0 Å². The van der Waals surface area contributed by atoms with Crippen LogP contribution in [0.2, 0.25) is 0 Å². The first-order valence-corrected chi connectivity index (χ1v) is 6.19. The van der Waals surface area contributed by atoms with E-state index in [0.717, 1.165) is 36.3 Å². The monoisotopic (exact) mass is 271 g/mol. The van der Waals surface area contributed by atoms with Gasteiger partial charge in [0.25, 0.3) is 0 Å². The standard InChI is InChI=1S/C12H18BrNO/c1-3-10-9-11(13)5-6-12(10)15-8-7-14-4-2/h5-6,9,14H,3-4,7-8H2,1-2H3. The maximum absolute atomic E-state index is 5.70. The van der Waals surface area contributed by atoms with Gasteiger partial charge < -0.3 is 10.1 Å². The van der Waals surface area contributed by atoms with Gasteiger partial charge in [-0.05, 0) is 36.7 Å². The van der Waals surface area contributed by atoms with E-state index in [4.69, 9.17) is 4.74 Å². The minimum absolute atomic E-state index is 0.725. The predicted molar refractivity (Wildman–Crippen MR) is 67.6 cm³/mol. The van der Waals surface area contributed by atoms with Gasteiger partial charge in [-0.3, -0.25) is 0 Å². The van der Waals surface area contributed by atoms with E-state index in [1.165, 1.54) is 5.56 Å². The number of benzene rings is 1. The molecule has 0 amide bonds. The topological polar surface area (TPSA) is 21.3 Å². The molecule has 15 heavy (non-hydrogen) atoms. The number of ether oxygens (including phenoxy) is 1. The summed E-state index contributed by atoms with van der Waals surface area (Å²) in [6.07, 6.45) is 0.996. The quantitative estimate of drug-likeness (QED) is 0.804. The third kappa shape index (κ3) is 4.22. The van der Waals surface area contributed by atoms with Crippen LogP contribution in [0.25, 0.3) is 0 Å². The molecule has 84 valence electrons. The van der Waals surface area contributed by atoms with E-state index < -0.39 is 0 Å². The van der Waals surface area contributed by atoms with Crippen molar-refractivity contribution in [1.82, 2.24) is 5.32 Å². The van der Waals surface area contributed by atoms with Crippen LogP contribution in [0.5, 0.6) is 5.75 Å². The smallest absolute Gasteiger partial charge is 0.122 e. The Balaban J connectivity index is 2.52. The van der Waals surface area contributed by atoms with Crippen LogP contribution < -0.4 is 10.1 Å². The Morgan fingerprint density at radius 3 is 2.80 bits per heavy atom. The molecule has 0 saturated carbocycles. The summed E-state index contributed by atoms with van der Waals surface area (Å²) >= 11 is 3.46. The Morgan fingerprint density at radius 2 is 2.13 bits per heavy atom. The number of rotatable bonds is 6. The van der Waals surface area contributed by atoms with Crippen LogP contribution in [-0.4, -0.2) is 19.7 Å². The first kappa shape index (κ1) is 12.5. The Morgan fingerprint density at radius 1 is 1.33 bits per heavy atom. The molecule has 0 aliphatic rings.